The van der Waals surface area contributed by atoms with Crippen LogP contribution in [0.2, 0.25) is 0 Å². The number of carbonyl (C=O) groups is 4. The third-order valence-electron chi connectivity index (χ3n) is 4.88. The Morgan fingerprint density at radius 2 is 2.10 bits per heavy atom. The Bertz CT molecular complexity index is 960. The highest BCUT2D eigenvalue weighted by Gasteiger charge is 2.45. The van der Waals surface area contributed by atoms with Gasteiger partial charge in [-0.1, -0.05) is 22.0 Å². The van der Waals surface area contributed by atoms with Crippen molar-refractivity contribution < 1.29 is 19.2 Å². The van der Waals surface area contributed by atoms with Gasteiger partial charge in [0.15, 0.2) is 0 Å². The number of halogens is 1. The van der Waals surface area contributed by atoms with Crippen molar-refractivity contribution in [1.29, 1.82) is 0 Å². The maximum Gasteiger partial charge on any atom is 0.264 e. The molecule has 158 valence electrons. The first-order valence-electron chi connectivity index (χ1n) is 9.27. The second-order valence-electron chi connectivity index (χ2n) is 6.85. The van der Waals surface area contributed by atoms with Crippen LogP contribution in [0.3, 0.4) is 0 Å². The van der Waals surface area contributed by atoms with E-state index in [-0.39, 0.29) is 30.5 Å². The van der Waals surface area contributed by atoms with Crippen LogP contribution < -0.4 is 16.1 Å². The highest BCUT2D eigenvalue weighted by atomic mass is 79.9. The van der Waals surface area contributed by atoms with Crippen molar-refractivity contribution in [2.45, 2.75) is 18.9 Å². The zero-order valence-corrected chi connectivity index (χ0v) is 17.9. The molecule has 0 bridgehead atoms. The number of nitrogens with two attached hydrogens (primary N) is 1. The fourth-order valence-corrected chi connectivity index (χ4v) is 3.68. The molecule has 10 nitrogen and oxygen atoms in total. The topological polar surface area (TPSA) is 138 Å². The van der Waals surface area contributed by atoms with Crippen LogP contribution in [0.25, 0.3) is 0 Å². The van der Waals surface area contributed by atoms with E-state index in [1.165, 1.54) is 0 Å². The number of nitrogens with one attached hydrogen (secondary N) is 1. The molecule has 3 N–H and O–H groups in total. The first-order chi connectivity index (χ1) is 14.4. The average molecular weight is 477 g/mol. The molecule has 3 rings (SSSR count). The van der Waals surface area contributed by atoms with Gasteiger partial charge in [-0.3, -0.25) is 34.4 Å². The Labute approximate surface area is 181 Å². The van der Waals surface area contributed by atoms with Gasteiger partial charge in [-0.05, 0) is 18.6 Å². The average Bonchev–Trinajstić information content (AvgIpc) is 2.98. The number of aliphatic imine (C=N–C) groups is 1. The van der Waals surface area contributed by atoms with E-state index in [2.05, 4.69) is 31.3 Å². The summed E-state index contributed by atoms with van der Waals surface area (Å²) in [6, 6.07) is 3.92. The van der Waals surface area contributed by atoms with Gasteiger partial charge in [0.05, 0.1) is 29.1 Å². The van der Waals surface area contributed by atoms with Crippen molar-refractivity contribution in [3.05, 3.63) is 29.3 Å². The molecule has 2 aliphatic heterocycles. The predicted octanol–water partition coefficient (Wildman–Crippen LogP) is 0.304. The van der Waals surface area contributed by atoms with E-state index >= 15 is 0 Å². The van der Waals surface area contributed by atoms with Crippen LogP contribution in [0.4, 0.5) is 5.69 Å². The van der Waals surface area contributed by atoms with Crippen molar-refractivity contribution in [2.75, 3.05) is 30.4 Å². The monoisotopic (exact) mass is 476 g/mol. The smallest absolute Gasteiger partial charge is 0.264 e. The number of piperidine rings is 1. The number of hydrazone groups is 1. The zero-order valence-electron chi connectivity index (χ0n) is 16.3. The lowest BCUT2D eigenvalue weighted by atomic mass is 10.0. The molecule has 1 unspecified atom stereocenters. The fraction of sp³-hybridized carbons (Fsp3) is 0.368. The van der Waals surface area contributed by atoms with Gasteiger partial charge in [0.1, 0.15) is 6.04 Å². The molecular formula is C19H21BrN6O4. The normalized spacial score (nSPS) is 19.5. The van der Waals surface area contributed by atoms with Crippen molar-refractivity contribution >= 4 is 57.2 Å². The van der Waals surface area contributed by atoms with Gasteiger partial charge in [0.25, 0.3) is 11.8 Å². The summed E-state index contributed by atoms with van der Waals surface area (Å²) in [4.78, 5) is 56.6. The number of carbonyl (C=O) groups excluding carboxylic acids is 4. The number of hydrogen-bond acceptors (Lipinski definition) is 8. The maximum absolute atomic E-state index is 13.2. The lowest BCUT2D eigenvalue weighted by Gasteiger charge is -2.28. The first-order valence-corrected chi connectivity index (χ1v) is 10.4. The predicted molar refractivity (Wildman–Crippen MR) is 115 cm³/mol. The van der Waals surface area contributed by atoms with E-state index in [0.29, 0.717) is 23.3 Å². The van der Waals surface area contributed by atoms with Crippen LogP contribution in [0.5, 0.6) is 0 Å². The number of rotatable bonds is 7. The minimum atomic E-state index is -1.01. The molecular weight excluding hydrogens is 456 g/mol. The minimum absolute atomic E-state index is 0.0701. The third-order valence-corrected chi connectivity index (χ3v) is 5.23. The molecule has 0 spiro atoms. The van der Waals surface area contributed by atoms with Gasteiger partial charge in [0, 0.05) is 31.6 Å². The summed E-state index contributed by atoms with van der Waals surface area (Å²) in [5.41, 5.74) is 1.43. The minimum Gasteiger partial charge on any atom is -0.368 e. The quantitative estimate of drug-likeness (QED) is 0.191. The molecule has 0 aliphatic carbocycles. The molecule has 1 saturated heterocycles. The Kier molecular flexibility index (Phi) is 6.60. The highest BCUT2D eigenvalue weighted by molar-refractivity contribution is 9.09. The molecule has 2 heterocycles. The number of fused-ring (bicyclic) bond motifs is 1. The largest absolute Gasteiger partial charge is 0.368 e. The lowest BCUT2D eigenvalue weighted by Crippen LogP contribution is -2.54. The van der Waals surface area contributed by atoms with Crippen LogP contribution >= 0.6 is 15.9 Å². The summed E-state index contributed by atoms with van der Waals surface area (Å²) in [5, 5.41) is 6.61. The highest BCUT2D eigenvalue weighted by Crippen LogP contribution is 2.33. The maximum atomic E-state index is 13.2. The lowest BCUT2D eigenvalue weighted by molar-refractivity contribution is -0.136. The molecule has 0 saturated carbocycles. The molecule has 1 atom stereocenters. The second kappa shape index (κ2) is 9.16. The number of hydrogen-bond donors (Lipinski definition) is 2. The molecule has 11 heteroatoms. The number of imide groups is 2. The molecule has 1 fully saturated rings. The van der Waals surface area contributed by atoms with Crippen LogP contribution in [-0.4, -0.2) is 72.0 Å². The van der Waals surface area contributed by atoms with Gasteiger partial charge in [-0.15, -0.1) is 0 Å². The van der Waals surface area contributed by atoms with Crippen molar-refractivity contribution in [1.82, 2.24) is 10.2 Å². The molecule has 0 aromatic heterocycles. The van der Waals surface area contributed by atoms with Crippen LogP contribution in [0.15, 0.2) is 28.3 Å². The fourth-order valence-electron chi connectivity index (χ4n) is 3.48. The number of alkyl halides is 1. The Hall–Kier alpha value is -3.08. The van der Waals surface area contributed by atoms with Gasteiger partial charge >= 0.3 is 0 Å². The third kappa shape index (κ3) is 4.11. The summed E-state index contributed by atoms with van der Waals surface area (Å²) >= 11 is 3.28. The summed E-state index contributed by atoms with van der Waals surface area (Å²) < 4.78 is 0. The molecule has 4 amide bonds. The van der Waals surface area contributed by atoms with E-state index in [9.17, 15) is 19.2 Å². The second-order valence-corrected chi connectivity index (χ2v) is 7.64. The summed E-state index contributed by atoms with van der Waals surface area (Å²) in [5.74, 6) is 3.28. The SMILES string of the molecule is CN(CC(C=NCCBr)=NN)c1cccc2c1C(=O)N(C1CCC(=O)NC1=O)C2=O. The van der Waals surface area contributed by atoms with Gasteiger partial charge in [-0.2, -0.15) is 5.10 Å². The van der Waals surface area contributed by atoms with E-state index in [1.54, 1.807) is 36.4 Å². The zero-order chi connectivity index (χ0) is 21.8. The van der Waals surface area contributed by atoms with Gasteiger partial charge in [0.2, 0.25) is 11.8 Å². The summed E-state index contributed by atoms with van der Waals surface area (Å²) in [6.45, 7) is 0.829. The van der Waals surface area contributed by atoms with Gasteiger partial charge < -0.3 is 10.7 Å². The summed E-state index contributed by atoms with van der Waals surface area (Å²) in [7, 11) is 1.74. The number of benzene rings is 1. The molecule has 30 heavy (non-hydrogen) atoms. The van der Waals surface area contributed by atoms with E-state index in [4.69, 9.17) is 5.84 Å². The summed E-state index contributed by atoms with van der Waals surface area (Å²) in [6.07, 6.45) is 1.74. The first kappa shape index (κ1) is 21.6. The Morgan fingerprint density at radius 3 is 2.77 bits per heavy atom. The van der Waals surface area contributed by atoms with E-state index in [1.807, 2.05) is 0 Å². The number of nitrogens with zero attached hydrogens (tertiary/aromatic N) is 4. The van der Waals surface area contributed by atoms with Crippen LogP contribution in [0, 0.1) is 0 Å². The molecule has 0 radical (unpaired) electrons. The Morgan fingerprint density at radius 1 is 1.33 bits per heavy atom. The standard InChI is InChI=1S/C19H21BrN6O4/c1-25(10-11(24-21)9-22-8-7-20)13-4-2-3-12-16(13)19(30)26(18(12)29)14-5-6-15(27)23-17(14)28/h2-4,9,14H,5-8,10,21H2,1H3,(H,23,27,28). The number of anilines is 1. The van der Waals surface area contributed by atoms with Crippen molar-refractivity contribution in [3.8, 4) is 0 Å². The molecule has 1 aromatic rings. The Balaban J connectivity index is 1.88. The van der Waals surface area contributed by atoms with Crippen molar-refractivity contribution in [2.24, 2.45) is 15.9 Å². The molecule has 1 aromatic carbocycles. The molecule has 2 aliphatic rings. The number of amides is 4. The van der Waals surface area contributed by atoms with Crippen LogP contribution in [-0.2, 0) is 9.59 Å². The van der Waals surface area contributed by atoms with E-state index < -0.39 is 29.7 Å². The van der Waals surface area contributed by atoms with Crippen molar-refractivity contribution in [3.63, 3.8) is 0 Å². The van der Waals surface area contributed by atoms with Gasteiger partial charge in [-0.25, -0.2) is 0 Å². The van der Waals surface area contributed by atoms with Crippen LogP contribution in [0.1, 0.15) is 33.6 Å². The van der Waals surface area contributed by atoms with E-state index in [0.717, 1.165) is 4.90 Å².